The molecule has 0 amide bonds. The predicted molar refractivity (Wildman–Crippen MR) is 77.6 cm³/mol. The molecule has 0 radical (unpaired) electrons. The van der Waals surface area contributed by atoms with Crippen LogP contribution in [0.15, 0.2) is 18.2 Å². The summed E-state index contributed by atoms with van der Waals surface area (Å²) in [6, 6.07) is 5.87. The van der Waals surface area contributed by atoms with Gasteiger partial charge in [0.25, 0.3) is 0 Å². The zero-order valence-corrected chi connectivity index (χ0v) is 12.0. The smallest absolute Gasteiger partial charge is 0.123 e. The van der Waals surface area contributed by atoms with Gasteiger partial charge in [0.15, 0.2) is 0 Å². The second-order valence-electron chi connectivity index (χ2n) is 5.57. The van der Waals surface area contributed by atoms with Crippen molar-refractivity contribution in [3.8, 4) is 0 Å². The first-order valence-corrected chi connectivity index (χ1v) is 7.39. The van der Waals surface area contributed by atoms with Crippen LogP contribution in [0.5, 0.6) is 0 Å². The SMILES string of the molecule is CCCCN(C1CC1)C(CN)c1cc(F)ccc1C. The number of aryl methyl sites for hydroxylation is 1. The quantitative estimate of drug-likeness (QED) is 0.818. The zero-order chi connectivity index (χ0) is 13.8. The van der Waals surface area contributed by atoms with E-state index in [0.29, 0.717) is 12.6 Å². The van der Waals surface area contributed by atoms with Crippen molar-refractivity contribution >= 4 is 0 Å². The molecule has 106 valence electrons. The molecule has 1 aliphatic rings. The number of unbranched alkanes of at least 4 members (excludes halogenated alkanes) is 1. The Balaban J connectivity index is 2.22. The first-order chi connectivity index (χ1) is 9.17. The van der Waals surface area contributed by atoms with Crippen LogP contribution < -0.4 is 5.73 Å². The Morgan fingerprint density at radius 2 is 2.16 bits per heavy atom. The summed E-state index contributed by atoms with van der Waals surface area (Å²) in [4.78, 5) is 2.49. The molecule has 0 heterocycles. The Bertz CT molecular complexity index is 415. The largest absolute Gasteiger partial charge is 0.329 e. The summed E-state index contributed by atoms with van der Waals surface area (Å²) in [7, 11) is 0. The maximum Gasteiger partial charge on any atom is 0.123 e. The minimum absolute atomic E-state index is 0.162. The summed E-state index contributed by atoms with van der Waals surface area (Å²) in [5.74, 6) is -0.162. The minimum Gasteiger partial charge on any atom is -0.329 e. The maximum atomic E-state index is 13.5. The van der Waals surface area contributed by atoms with Crippen molar-refractivity contribution in [1.29, 1.82) is 0 Å². The van der Waals surface area contributed by atoms with Gasteiger partial charge in [-0.3, -0.25) is 4.90 Å². The number of hydrogen-bond acceptors (Lipinski definition) is 2. The monoisotopic (exact) mass is 264 g/mol. The normalized spacial score (nSPS) is 16.9. The van der Waals surface area contributed by atoms with Gasteiger partial charge >= 0.3 is 0 Å². The summed E-state index contributed by atoms with van der Waals surface area (Å²) in [6.07, 6.45) is 4.88. The van der Waals surface area contributed by atoms with E-state index in [0.717, 1.165) is 17.7 Å². The molecule has 0 saturated heterocycles. The highest BCUT2D eigenvalue weighted by Gasteiger charge is 2.34. The maximum absolute atomic E-state index is 13.5. The molecule has 19 heavy (non-hydrogen) atoms. The van der Waals surface area contributed by atoms with Crippen molar-refractivity contribution < 1.29 is 4.39 Å². The molecule has 1 unspecified atom stereocenters. The Morgan fingerprint density at radius 1 is 1.42 bits per heavy atom. The molecule has 2 rings (SSSR count). The molecular formula is C16H25FN2. The first-order valence-electron chi connectivity index (χ1n) is 7.39. The Kier molecular flexibility index (Phi) is 4.94. The van der Waals surface area contributed by atoms with Crippen LogP contribution >= 0.6 is 0 Å². The van der Waals surface area contributed by atoms with Gasteiger partial charge in [0, 0.05) is 18.6 Å². The number of rotatable bonds is 7. The van der Waals surface area contributed by atoms with E-state index < -0.39 is 0 Å². The van der Waals surface area contributed by atoms with Crippen LogP contribution in [0.3, 0.4) is 0 Å². The van der Waals surface area contributed by atoms with Crippen molar-refractivity contribution in [2.24, 2.45) is 5.73 Å². The average Bonchev–Trinajstić information content (AvgIpc) is 3.22. The summed E-state index contributed by atoms with van der Waals surface area (Å²) in [5.41, 5.74) is 8.20. The molecule has 2 nitrogen and oxygen atoms in total. The van der Waals surface area contributed by atoms with E-state index in [9.17, 15) is 4.39 Å². The lowest BCUT2D eigenvalue weighted by molar-refractivity contribution is 0.187. The van der Waals surface area contributed by atoms with Crippen molar-refractivity contribution in [2.45, 2.75) is 51.6 Å². The predicted octanol–water partition coefficient (Wildman–Crippen LogP) is 3.40. The summed E-state index contributed by atoms with van der Waals surface area (Å²) in [5, 5.41) is 0. The van der Waals surface area contributed by atoms with Crippen LogP contribution in [0.1, 0.15) is 49.8 Å². The third kappa shape index (κ3) is 3.54. The molecule has 0 spiro atoms. The Hall–Kier alpha value is -0.930. The number of benzene rings is 1. The van der Waals surface area contributed by atoms with E-state index in [1.165, 1.54) is 31.7 Å². The second kappa shape index (κ2) is 6.49. The first kappa shape index (κ1) is 14.5. The third-order valence-electron chi connectivity index (χ3n) is 4.01. The number of halogens is 1. The zero-order valence-electron chi connectivity index (χ0n) is 12.0. The molecule has 1 saturated carbocycles. The highest BCUT2D eigenvalue weighted by molar-refractivity contribution is 5.30. The number of nitrogens with zero attached hydrogens (tertiary/aromatic N) is 1. The Morgan fingerprint density at radius 3 is 2.74 bits per heavy atom. The van der Waals surface area contributed by atoms with Crippen LogP contribution in [-0.4, -0.2) is 24.0 Å². The van der Waals surface area contributed by atoms with Crippen LogP contribution in [0.2, 0.25) is 0 Å². The van der Waals surface area contributed by atoms with Gasteiger partial charge in [0.05, 0.1) is 0 Å². The van der Waals surface area contributed by atoms with Gasteiger partial charge in [-0.2, -0.15) is 0 Å². The average molecular weight is 264 g/mol. The third-order valence-corrected chi connectivity index (χ3v) is 4.01. The molecule has 1 aliphatic carbocycles. The van der Waals surface area contributed by atoms with E-state index >= 15 is 0 Å². The topological polar surface area (TPSA) is 29.3 Å². The summed E-state index contributed by atoms with van der Waals surface area (Å²) >= 11 is 0. The molecular weight excluding hydrogens is 239 g/mol. The van der Waals surface area contributed by atoms with Crippen LogP contribution in [0.4, 0.5) is 4.39 Å². The van der Waals surface area contributed by atoms with Gasteiger partial charge in [-0.15, -0.1) is 0 Å². The highest BCUT2D eigenvalue weighted by Crippen LogP contribution is 2.35. The van der Waals surface area contributed by atoms with Gasteiger partial charge in [-0.25, -0.2) is 4.39 Å². The van der Waals surface area contributed by atoms with Crippen molar-refractivity contribution in [3.63, 3.8) is 0 Å². The van der Waals surface area contributed by atoms with Gasteiger partial charge < -0.3 is 5.73 Å². The fourth-order valence-corrected chi connectivity index (χ4v) is 2.75. The van der Waals surface area contributed by atoms with Crippen LogP contribution in [-0.2, 0) is 0 Å². The molecule has 3 heteroatoms. The Labute approximate surface area is 115 Å². The molecule has 2 N–H and O–H groups in total. The van der Waals surface area contributed by atoms with E-state index in [1.807, 2.05) is 13.0 Å². The summed E-state index contributed by atoms with van der Waals surface area (Å²) < 4.78 is 13.5. The van der Waals surface area contributed by atoms with Gasteiger partial charge in [0.2, 0.25) is 0 Å². The van der Waals surface area contributed by atoms with E-state index in [2.05, 4.69) is 11.8 Å². The molecule has 1 fully saturated rings. The number of hydrogen-bond donors (Lipinski definition) is 1. The molecule has 0 bridgehead atoms. The number of nitrogens with two attached hydrogens (primary N) is 1. The van der Waals surface area contributed by atoms with Crippen LogP contribution in [0.25, 0.3) is 0 Å². The molecule has 0 aromatic heterocycles. The molecule has 1 aromatic rings. The van der Waals surface area contributed by atoms with E-state index in [-0.39, 0.29) is 11.9 Å². The fourth-order valence-electron chi connectivity index (χ4n) is 2.75. The van der Waals surface area contributed by atoms with E-state index in [1.54, 1.807) is 6.07 Å². The second-order valence-corrected chi connectivity index (χ2v) is 5.57. The van der Waals surface area contributed by atoms with Crippen molar-refractivity contribution in [2.75, 3.05) is 13.1 Å². The lowest BCUT2D eigenvalue weighted by Gasteiger charge is -2.32. The minimum atomic E-state index is -0.162. The van der Waals surface area contributed by atoms with Crippen LogP contribution in [0, 0.1) is 12.7 Å². The standard InChI is InChI=1S/C16H25FN2/c1-3-4-9-19(14-7-8-14)16(11-18)15-10-13(17)6-5-12(15)2/h5-6,10,14,16H,3-4,7-9,11,18H2,1-2H3. The molecule has 0 aliphatic heterocycles. The highest BCUT2D eigenvalue weighted by atomic mass is 19.1. The van der Waals surface area contributed by atoms with E-state index in [4.69, 9.17) is 5.73 Å². The van der Waals surface area contributed by atoms with Gasteiger partial charge in [0.1, 0.15) is 5.82 Å². The summed E-state index contributed by atoms with van der Waals surface area (Å²) in [6.45, 7) is 5.88. The van der Waals surface area contributed by atoms with Gasteiger partial charge in [-0.1, -0.05) is 19.4 Å². The lowest BCUT2D eigenvalue weighted by atomic mass is 9.99. The van der Waals surface area contributed by atoms with Gasteiger partial charge in [-0.05, 0) is 56.0 Å². The molecule has 1 aromatic carbocycles. The van der Waals surface area contributed by atoms with Crippen molar-refractivity contribution in [1.82, 2.24) is 4.90 Å². The lowest BCUT2D eigenvalue weighted by Crippen LogP contribution is -2.36. The molecule has 1 atom stereocenters. The fraction of sp³-hybridized carbons (Fsp3) is 0.625. The van der Waals surface area contributed by atoms with Crippen molar-refractivity contribution in [3.05, 3.63) is 35.1 Å².